The third-order valence-electron chi connectivity index (χ3n) is 5.17. The minimum atomic E-state index is 0.0894. The predicted octanol–water partition coefficient (Wildman–Crippen LogP) is 2.17. The Bertz CT molecular complexity index is 739. The van der Waals surface area contributed by atoms with Gasteiger partial charge >= 0.3 is 0 Å². The lowest BCUT2D eigenvalue weighted by Gasteiger charge is -2.39. The highest BCUT2D eigenvalue weighted by atomic mass is 16.6. The highest BCUT2D eigenvalue weighted by molar-refractivity contribution is 5.89. The normalized spacial score (nSPS) is 27.0. The van der Waals surface area contributed by atoms with Crippen LogP contribution in [0.2, 0.25) is 0 Å². The Morgan fingerprint density at radius 1 is 1.21 bits per heavy atom. The summed E-state index contributed by atoms with van der Waals surface area (Å²) in [4.78, 5) is 12.5. The van der Waals surface area contributed by atoms with Gasteiger partial charge in [0, 0.05) is 30.2 Å². The average molecular weight is 328 g/mol. The van der Waals surface area contributed by atoms with Crippen LogP contribution in [-0.4, -0.2) is 41.9 Å². The van der Waals surface area contributed by atoms with Gasteiger partial charge in [-0.05, 0) is 30.9 Å². The molecule has 1 aliphatic heterocycles. The molecule has 4 rings (SSSR count). The number of amides is 1. The number of carbonyl (C=O) groups is 1. The van der Waals surface area contributed by atoms with E-state index >= 15 is 0 Å². The van der Waals surface area contributed by atoms with Crippen LogP contribution in [0, 0.1) is 0 Å². The summed E-state index contributed by atoms with van der Waals surface area (Å²) in [5, 5.41) is 4.35. The number of aromatic nitrogens is 1. The first-order valence-electron chi connectivity index (χ1n) is 8.76. The first kappa shape index (κ1) is 15.7. The van der Waals surface area contributed by atoms with Crippen molar-refractivity contribution in [3.63, 3.8) is 0 Å². The molecular weight excluding hydrogens is 304 g/mol. The highest BCUT2D eigenvalue weighted by Crippen LogP contribution is 2.27. The molecule has 1 N–H and O–H groups in total. The number of ether oxygens (including phenoxy) is 2. The maximum atomic E-state index is 12.5. The molecule has 0 radical (unpaired) electrons. The molecule has 2 aromatic rings. The minimum absolute atomic E-state index is 0.0894. The second-order valence-electron chi connectivity index (χ2n) is 6.86. The van der Waals surface area contributed by atoms with E-state index in [1.807, 2.05) is 19.2 Å². The zero-order valence-electron chi connectivity index (χ0n) is 14.0. The molecule has 24 heavy (non-hydrogen) atoms. The van der Waals surface area contributed by atoms with Crippen molar-refractivity contribution in [1.82, 2.24) is 9.88 Å². The second-order valence-corrected chi connectivity index (χ2v) is 6.86. The lowest BCUT2D eigenvalue weighted by molar-refractivity contribution is -0.158. The number of para-hydroxylation sites is 1. The Morgan fingerprint density at radius 2 is 2.00 bits per heavy atom. The first-order chi connectivity index (χ1) is 11.7. The molecule has 2 aliphatic rings. The molecule has 128 valence electrons. The van der Waals surface area contributed by atoms with Crippen molar-refractivity contribution in [2.75, 3.05) is 13.2 Å². The zero-order valence-corrected chi connectivity index (χ0v) is 14.0. The van der Waals surface area contributed by atoms with Gasteiger partial charge in [-0.2, -0.15) is 0 Å². The van der Waals surface area contributed by atoms with E-state index in [9.17, 15) is 4.79 Å². The van der Waals surface area contributed by atoms with Gasteiger partial charge in [0.05, 0.1) is 31.8 Å². The van der Waals surface area contributed by atoms with Crippen molar-refractivity contribution in [1.29, 1.82) is 0 Å². The number of nitrogens with one attached hydrogen (secondary N) is 1. The van der Waals surface area contributed by atoms with Gasteiger partial charge < -0.3 is 19.4 Å². The third kappa shape index (κ3) is 3.06. The van der Waals surface area contributed by atoms with Crippen LogP contribution in [-0.2, 0) is 27.7 Å². The molecule has 3 atom stereocenters. The molecule has 0 bridgehead atoms. The van der Waals surface area contributed by atoms with E-state index in [1.165, 1.54) is 0 Å². The Labute approximate surface area is 141 Å². The Balaban J connectivity index is 1.39. The number of aryl methyl sites for hydroxylation is 1. The zero-order chi connectivity index (χ0) is 16.5. The molecule has 1 aromatic carbocycles. The standard InChI is InChI=1S/C19H24N2O3/c1-21-12-13(15-4-2-3-5-16(15)21)10-19(22)20-14-6-7-17-18(11-14)24-9-8-23-17/h2-5,12,14,17-18H,6-11H2,1H3,(H,20,22). The van der Waals surface area contributed by atoms with Gasteiger partial charge in [0.2, 0.25) is 5.91 Å². The van der Waals surface area contributed by atoms with Crippen LogP contribution >= 0.6 is 0 Å². The molecule has 1 aromatic heterocycles. The van der Waals surface area contributed by atoms with Gasteiger partial charge in [0.1, 0.15) is 0 Å². The topological polar surface area (TPSA) is 52.5 Å². The Morgan fingerprint density at radius 3 is 2.88 bits per heavy atom. The summed E-state index contributed by atoms with van der Waals surface area (Å²) in [6, 6.07) is 8.40. The lowest BCUT2D eigenvalue weighted by Crippen LogP contribution is -2.49. The quantitative estimate of drug-likeness (QED) is 0.939. The van der Waals surface area contributed by atoms with Crippen LogP contribution in [0.5, 0.6) is 0 Å². The summed E-state index contributed by atoms with van der Waals surface area (Å²) in [6.45, 7) is 1.36. The van der Waals surface area contributed by atoms with Gasteiger partial charge in [0.25, 0.3) is 0 Å². The van der Waals surface area contributed by atoms with E-state index in [0.29, 0.717) is 19.6 Å². The molecule has 5 heteroatoms. The largest absolute Gasteiger partial charge is 0.373 e. The van der Waals surface area contributed by atoms with Crippen LogP contribution in [0.3, 0.4) is 0 Å². The minimum Gasteiger partial charge on any atom is -0.373 e. The fourth-order valence-corrected chi connectivity index (χ4v) is 4.02. The van der Waals surface area contributed by atoms with E-state index in [1.54, 1.807) is 0 Å². The van der Waals surface area contributed by atoms with E-state index in [2.05, 4.69) is 28.2 Å². The fourth-order valence-electron chi connectivity index (χ4n) is 4.02. The van der Waals surface area contributed by atoms with Crippen molar-refractivity contribution in [2.45, 2.75) is 43.9 Å². The van der Waals surface area contributed by atoms with Gasteiger partial charge in [-0.3, -0.25) is 4.79 Å². The van der Waals surface area contributed by atoms with E-state index in [4.69, 9.17) is 9.47 Å². The number of nitrogens with zero attached hydrogens (tertiary/aromatic N) is 1. The van der Waals surface area contributed by atoms with Gasteiger partial charge in [-0.15, -0.1) is 0 Å². The number of benzene rings is 1. The van der Waals surface area contributed by atoms with Crippen molar-refractivity contribution in [3.05, 3.63) is 36.0 Å². The van der Waals surface area contributed by atoms with Gasteiger partial charge in [0.15, 0.2) is 0 Å². The molecule has 3 unspecified atom stereocenters. The molecule has 1 aliphatic carbocycles. The monoisotopic (exact) mass is 328 g/mol. The van der Waals surface area contributed by atoms with Gasteiger partial charge in [-0.1, -0.05) is 18.2 Å². The molecule has 2 fully saturated rings. The average Bonchev–Trinajstić information content (AvgIpc) is 2.91. The molecule has 1 saturated heterocycles. The molecule has 5 nitrogen and oxygen atoms in total. The third-order valence-corrected chi connectivity index (χ3v) is 5.17. The fraction of sp³-hybridized carbons (Fsp3) is 0.526. The summed E-state index contributed by atoms with van der Waals surface area (Å²) in [7, 11) is 2.02. The van der Waals surface area contributed by atoms with Crippen LogP contribution in [0.25, 0.3) is 10.9 Å². The van der Waals surface area contributed by atoms with Gasteiger partial charge in [-0.25, -0.2) is 0 Å². The summed E-state index contributed by atoms with van der Waals surface area (Å²) in [6.07, 6.45) is 5.60. The Kier molecular flexibility index (Phi) is 4.29. The van der Waals surface area contributed by atoms with Crippen LogP contribution < -0.4 is 5.32 Å². The number of hydrogen-bond acceptors (Lipinski definition) is 3. The molecule has 2 heterocycles. The van der Waals surface area contributed by atoms with E-state index < -0.39 is 0 Å². The van der Waals surface area contributed by atoms with Crippen LogP contribution in [0.4, 0.5) is 0 Å². The predicted molar refractivity (Wildman–Crippen MR) is 91.9 cm³/mol. The SMILES string of the molecule is Cn1cc(CC(=O)NC2CCC3OCCOC3C2)c2ccccc21. The molecular formula is C19H24N2O3. The lowest BCUT2D eigenvalue weighted by atomic mass is 9.89. The molecule has 1 saturated carbocycles. The second kappa shape index (κ2) is 6.57. The number of hydrogen-bond donors (Lipinski definition) is 1. The van der Waals surface area contributed by atoms with Crippen molar-refractivity contribution in [3.8, 4) is 0 Å². The van der Waals surface area contributed by atoms with Crippen molar-refractivity contribution in [2.24, 2.45) is 7.05 Å². The summed E-state index contributed by atoms with van der Waals surface area (Å²) < 4.78 is 13.6. The van der Waals surface area contributed by atoms with E-state index in [-0.39, 0.29) is 24.2 Å². The molecule has 1 amide bonds. The van der Waals surface area contributed by atoms with E-state index in [0.717, 1.165) is 35.7 Å². The van der Waals surface area contributed by atoms with Crippen molar-refractivity contribution >= 4 is 16.8 Å². The first-order valence-corrected chi connectivity index (χ1v) is 8.76. The number of carbonyl (C=O) groups excluding carboxylic acids is 1. The smallest absolute Gasteiger partial charge is 0.224 e. The van der Waals surface area contributed by atoms with Crippen LogP contribution in [0.1, 0.15) is 24.8 Å². The summed E-state index contributed by atoms with van der Waals surface area (Å²) in [5.74, 6) is 0.0894. The van der Waals surface area contributed by atoms with Crippen molar-refractivity contribution < 1.29 is 14.3 Å². The maximum Gasteiger partial charge on any atom is 0.224 e. The Hall–Kier alpha value is -1.85. The van der Waals surface area contributed by atoms with Crippen LogP contribution in [0.15, 0.2) is 30.5 Å². The summed E-state index contributed by atoms with van der Waals surface area (Å²) >= 11 is 0. The maximum absolute atomic E-state index is 12.5. The molecule has 0 spiro atoms. The number of fused-ring (bicyclic) bond motifs is 2. The number of rotatable bonds is 3. The highest BCUT2D eigenvalue weighted by Gasteiger charge is 2.34. The summed E-state index contributed by atoms with van der Waals surface area (Å²) in [5.41, 5.74) is 2.24.